The zero-order chi connectivity index (χ0) is 25.1. The minimum absolute atomic E-state index is 0.259. The summed E-state index contributed by atoms with van der Waals surface area (Å²) in [6, 6.07) is 21.0. The molecule has 0 radical (unpaired) electrons. The molecule has 3 aromatic heterocycles. The van der Waals surface area contributed by atoms with Crippen molar-refractivity contribution in [3.05, 3.63) is 81.1 Å². The SMILES string of the molecule is Cc1c2cc(CC(C)(C)C)ccc2c(C)c2c1c1c3c(ccc4c5cc(I)ccc5n2c43)cc[n+]1C. The topological polar surface area (TPSA) is 8.29 Å². The van der Waals surface area contributed by atoms with Crippen molar-refractivity contribution >= 4 is 82.4 Å². The molecule has 0 N–H and O–H groups in total. The fourth-order valence-electron chi connectivity index (χ4n) is 6.61. The molecule has 0 unspecified atom stereocenters. The summed E-state index contributed by atoms with van der Waals surface area (Å²) < 4.78 is 6.18. The maximum Gasteiger partial charge on any atom is 0.224 e. The number of nitrogens with zero attached hydrogens (tertiary/aromatic N) is 2. The van der Waals surface area contributed by atoms with Crippen LogP contribution in [0.15, 0.2) is 60.8 Å². The Morgan fingerprint density at radius 1 is 0.778 bits per heavy atom. The van der Waals surface area contributed by atoms with E-state index in [-0.39, 0.29) is 5.41 Å². The second-order valence-electron chi connectivity index (χ2n) is 11.8. The highest BCUT2D eigenvalue weighted by molar-refractivity contribution is 14.1. The van der Waals surface area contributed by atoms with E-state index in [9.17, 15) is 0 Å². The van der Waals surface area contributed by atoms with Crippen molar-refractivity contribution in [3.8, 4) is 0 Å². The summed E-state index contributed by atoms with van der Waals surface area (Å²) in [5.41, 5.74) is 9.72. The van der Waals surface area contributed by atoms with Gasteiger partial charge in [0, 0.05) is 20.4 Å². The van der Waals surface area contributed by atoms with Gasteiger partial charge in [0.15, 0.2) is 6.20 Å². The predicted molar refractivity (Wildman–Crippen MR) is 163 cm³/mol. The van der Waals surface area contributed by atoms with Gasteiger partial charge in [0.2, 0.25) is 5.52 Å². The van der Waals surface area contributed by atoms with Gasteiger partial charge in [0.25, 0.3) is 0 Å². The zero-order valence-electron chi connectivity index (χ0n) is 21.8. The van der Waals surface area contributed by atoms with Crippen LogP contribution in [0.25, 0.3) is 59.8 Å². The lowest BCUT2D eigenvalue weighted by Gasteiger charge is -2.20. The van der Waals surface area contributed by atoms with Crippen LogP contribution < -0.4 is 4.57 Å². The first-order valence-electron chi connectivity index (χ1n) is 12.8. The number of hydrogen-bond acceptors (Lipinski definition) is 0. The highest BCUT2D eigenvalue weighted by Crippen LogP contribution is 2.44. The minimum Gasteiger partial charge on any atom is -0.307 e. The molecular weight excluding hydrogens is 551 g/mol. The lowest BCUT2D eigenvalue weighted by atomic mass is 9.86. The molecule has 0 bridgehead atoms. The molecule has 0 aliphatic carbocycles. The normalized spacial score (nSPS) is 13.0. The number of benzene rings is 4. The first-order chi connectivity index (χ1) is 17.1. The Labute approximate surface area is 225 Å². The number of rotatable bonds is 1. The second-order valence-corrected chi connectivity index (χ2v) is 13.0. The van der Waals surface area contributed by atoms with E-state index in [4.69, 9.17) is 0 Å². The van der Waals surface area contributed by atoms with Crippen LogP contribution in [0.1, 0.15) is 37.5 Å². The number of aryl methyl sites for hydroxylation is 3. The molecule has 0 saturated heterocycles. The predicted octanol–water partition coefficient (Wildman–Crippen LogP) is 8.78. The second kappa shape index (κ2) is 7.32. The molecule has 2 nitrogen and oxygen atoms in total. The van der Waals surface area contributed by atoms with E-state index in [2.05, 4.69) is 134 Å². The largest absolute Gasteiger partial charge is 0.307 e. The van der Waals surface area contributed by atoms with Crippen molar-refractivity contribution < 1.29 is 4.57 Å². The number of hydrogen-bond donors (Lipinski definition) is 0. The lowest BCUT2D eigenvalue weighted by molar-refractivity contribution is -0.643. The number of fused-ring (bicyclic) bond motifs is 7. The summed E-state index contributed by atoms with van der Waals surface area (Å²) in [5, 5.41) is 9.46. The fraction of sp³-hybridized carbons (Fsp3) is 0.242. The number of pyridine rings is 2. The molecule has 3 heterocycles. The molecule has 7 aromatic rings. The Morgan fingerprint density at radius 2 is 1.56 bits per heavy atom. The van der Waals surface area contributed by atoms with Crippen molar-refractivity contribution in [2.24, 2.45) is 12.5 Å². The average molecular weight is 582 g/mol. The standard InChI is InChI=1S/C33H30IN2/c1-18-25-15-20(17-33(3,4)5)7-10-23(25)19(2)30-28(18)32-29-21(13-14-35(32)6)8-11-24-26-16-22(34)9-12-27(26)36(30)31(24)29/h7-16H,17H2,1-6H3/q+1. The van der Waals surface area contributed by atoms with Gasteiger partial charge < -0.3 is 4.40 Å². The molecule has 4 aromatic carbocycles. The molecule has 0 fully saturated rings. The van der Waals surface area contributed by atoms with Crippen LogP contribution in [-0.2, 0) is 13.5 Å². The van der Waals surface area contributed by atoms with Crippen LogP contribution in [0.2, 0.25) is 0 Å². The molecule has 0 spiro atoms. The van der Waals surface area contributed by atoms with Crippen LogP contribution in [-0.4, -0.2) is 4.40 Å². The summed E-state index contributed by atoms with van der Waals surface area (Å²) >= 11 is 2.44. The first kappa shape index (κ1) is 22.3. The van der Waals surface area contributed by atoms with E-state index < -0.39 is 0 Å². The fourth-order valence-corrected chi connectivity index (χ4v) is 7.10. The highest BCUT2D eigenvalue weighted by Gasteiger charge is 2.26. The molecule has 0 atom stereocenters. The Hall–Kier alpha value is -2.92. The quantitative estimate of drug-likeness (QED) is 0.0793. The minimum atomic E-state index is 0.259. The molecular formula is C33H30IN2+. The van der Waals surface area contributed by atoms with Crippen LogP contribution in [0.5, 0.6) is 0 Å². The highest BCUT2D eigenvalue weighted by atomic mass is 127. The molecule has 0 amide bonds. The number of aromatic nitrogens is 2. The van der Waals surface area contributed by atoms with Gasteiger partial charge in [0.1, 0.15) is 7.05 Å². The van der Waals surface area contributed by atoms with Crippen LogP contribution in [0, 0.1) is 22.8 Å². The third-order valence-corrected chi connectivity index (χ3v) is 8.72. The third-order valence-electron chi connectivity index (χ3n) is 8.04. The van der Waals surface area contributed by atoms with E-state index >= 15 is 0 Å². The zero-order valence-corrected chi connectivity index (χ0v) is 23.9. The van der Waals surface area contributed by atoms with Gasteiger partial charge in [-0.1, -0.05) is 51.1 Å². The summed E-state index contributed by atoms with van der Waals surface area (Å²) in [7, 11) is 2.20. The van der Waals surface area contributed by atoms with Crippen molar-refractivity contribution in [3.63, 3.8) is 0 Å². The van der Waals surface area contributed by atoms with Crippen molar-refractivity contribution in [1.82, 2.24) is 4.40 Å². The van der Waals surface area contributed by atoms with Crippen molar-refractivity contribution in [2.75, 3.05) is 0 Å². The van der Waals surface area contributed by atoms with Crippen LogP contribution in [0.3, 0.4) is 0 Å². The summed E-state index contributed by atoms with van der Waals surface area (Å²) in [6.07, 6.45) is 3.30. The lowest BCUT2D eigenvalue weighted by Crippen LogP contribution is -2.29. The average Bonchev–Trinajstić information content (AvgIpc) is 3.15. The molecule has 178 valence electrons. The van der Waals surface area contributed by atoms with Gasteiger partial charge in [-0.15, -0.1) is 0 Å². The van der Waals surface area contributed by atoms with Crippen molar-refractivity contribution in [2.45, 2.75) is 41.0 Å². The Kier molecular flexibility index (Phi) is 4.53. The molecule has 7 rings (SSSR count). The smallest absolute Gasteiger partial charge is 0.224 e. The van der Waals surface area contributed by atoms with E-state index in [1.165, 1.54) is 80.0 Å². The summed E-state index contributed by atoms with van der Waals surface area (Å²) in [6.45, 7) is 11.6. The molecule has 0 saturated carbocycles. The first-order valence-corrected chi connectivity index (χ1v) is 13.8. The van der Waals surface area contributed by atoms with Crippen LogP contribution >= 0.6 is 22.6 Å². The van der Waals surface area contributed by atoms with Crippen LogP contribution in [0.4, 0.5) is 0 Å². The maximum absolute atomic E-state index is 2.57. The van der Waals surface area contributed by atoms with Gasteiger partial charge in [-0.25, -0.2) is 4.57 Å². The Bertz CT molecular complexity index is 2040. The summed E-state index contributed by atoms with van der Waals surface area (Å²) in [4.78, 5) is 0. The summed E-state index contributed by atoms with van der Waals surface area (Å²) in [5.74, 6) is 0. The number of halogens is 1. The molecule has 0 aliphatic rings. The maximum atomic E-state index is 2.57. The van der Waals surface area contributed by atoms with E-state index in [0.29, 0.717) is 0 Å². The Balaban J connectivity index is 1.81. The molecule has 36 heavy (non-hydrogen) atoms. The molecule has 3 heteroatoms. The third kappa shape index (κ3) is 2.92. The van der Waals surface area contributed by atoms with Gasteiger partial charge in [-0.05, 0) is 99.3 Å². The molecule has 0 aliphatic heterocycles. The van der Waals surface area contributed by atoms with Gasteiger partial charge in [-0.2, -0.15) is 0 Å². The van der Waals surface area contributed by atoms with E-state index in [1.807, 2.05) is 0 Å². The van der Waals surface area contributed by atoms with E-state index in [1.54, 1.807) is 0 Å². The monoisotopic (exact) mass is 581 g/mol. The van der Waals surface area contributed by atoms with Gasteiger partial charge in [-0.3, -0.25) is 0 Å². The van der Waals surface area contributed by atoms with Gasteiger partial charge >= 0.3 is 0 Å². The Morgan fingerprint density at radius 3 is 2.33 bits per heavy atom. The van der Waals surface area contributed by atoms with E-state index in [0.717, 1.165) is 6.42 Å². The van der Waals surface area contributed by atoms with Gasteiger partial charge in [0.05, 0.1) is 27.3 Å². The van der Waals surface area contributed by atoms with Crippen molar-refractivity contribution in [1.29, 1.82) is 0 Å².